The summed E-state index contributed by atoms with van der Waals surface area (Å²) in [6, 6.07) is 7.93. The fourth-order valence-corrected chi connectivity index (χ4v) is 4.17. The van der Waals surface area contributed by atoms with Gasteiger partial charge in [-0.1, -0.05) is 26.2 Å². The van der Waals surface area contributed by atoms with E-state index in [1.54, 1.807) is 0 Å². The molecule has 150 valence electrons. The number of anilines is 1. The smallest absolute Gasteiger partial charge is 0.411 e. The lowest BCUT2D eigenvalue weighted by Crippen LogP contribution is -2.46. The predicted molar refractivity (Wildman–Crippen MR) is 108 cm³/mol. The number of ether oxygens (including phenoxy) is 2. The Morgan fingerprint density at radius 3 is 2.56 bits per heavy atom. The van der Waals surface area contributed by atoms with Gasteiger partial charge in [-0.15, -0.1) is 0 Å². The third-order valence-electron chi connectivity index (χ3n) is 5.65. The molecule has 1 unspecified atom stereocenters. The molecule has 1 amide bonds. The number of amides is 1. The van der Waals surface area contributed by atoms with Gasteiger partial charge in [0.15, 0.2) is 0 Å². The minimum atomic E-state index is -0.345. The second kappa shape index (κ2) is 10.5. The van der Waals surface area contributed by atoms with Crippen LogP contribution in [-0.2, 0) is 4.74 Å². The lowest BCUT2D eigenvalue weighted by molar-refractivity contribution is 0.0176. The Labute approximate surface area is 163 Å². The van der Waals surface area contributed by atoms with Crippen molar-refractivity contribution in [1.82, 2.24) is 4.90 Å². The molecule has 0 radical (unpaired) electrons. The molecule has 1 aromatic rings. The van der Waals surface area contributed by atoms with Crippen molar-refractivity contribution in [2.45, 2.75) is 76.9 Å². The molecule has 3 rings (SSSR count). The van der Waals surface area contributed by atoms with Crippen LogP contribution in [0.15, 0.2) is 24.3 Å². The Bertz CT molecular complexity index is 569. The Balaban J connectivity index is 1.46. The van der Waals surface area contributed by atoms with Crippen LogP contribution in [0.5, 0.6) is 5.75 Å². The van der Waals surface area contributed by atoms with Crippen molar-refractivity contribution in [1.29, 1.82) is 0 Å². The zero-order valence-corrected chi connectivity index (χ0v) is 16.6. The molecule has 1 heterocycles. The SMILES string of the molecule is CCCCCOc1ccc(NC(=O)OC2CCCC[C@@H]2N2CCCC2)cc1. The molecular weight excluding hydrogens is 340 g/mol. The molecule has 1 aliphatic heterocycles. The Morgan fingerprint density at radius 2 is 1.81 bits per heavy atom. The van der Waals surface area contributed by atoms with E-state index in [2.05, 4.69) is 17.1 Å². The van der Waals surface area contributed by atoms with E-state index in [4.69, 9.17) is 9.47 Å². The van der Waals surface area contributed by atoms with E-state index in [1.165, 1.54) is 32.1 Å². The molecule has 5 nitrogen and oxygen atoms in total. The molecule has 1 saturated carbocycles. The van der Waals surface area contributed by atoms with Crippen molar-refractivity contribution >= 4 is 11.8 Å². The molecule has 1 aromatic carbocycles. The number of nitrogens with one attached hydrogen (secondary N) is 1. The molecule has 2 fully saturated rings. The van der Waals surface area contributed by atoms with Crippen LogP contribution >= 0.6 is 0 Å². The number of rotatable bonds is 8. The van der Waals surface area contributed by atoms with Crippen molar-refractivity contribution in [2.24, 2.45) is 0 Å². The van der Waals surface area contributed by atoms with Gasteiger partial charge in [-0.05, 0) is 75.9 Å². The number of unbranched alkanes of at least 4 members (excludes halogenated alkanes) is 2. The molecule has 0 bridgehead atoms. The largest absolute Gasteiger partial charge is 0.494 e. The standard InChI is InChI=1S/C22H34N2O3/c1-2-3-8-17-26-19-13-11-18(12-14-19)23-22(25)27-21-10-5-4-9-20(21)24-15-6-7-16-24/h11-14,20-21H,2-10,15-17H2,1H3,(H,23,25)/t20-,21?/m0/s1. The van der Waals surface area contributed by atoms with E-state index in [0.717, 1.165) is 56.8 Å². The topological polar surface area (TPSA) is 50.8 Å². The summed E-state index contributed by atoms with van der Waals surface area (Å²) in [5.74, 6) is 0.839. The number of hydrogen-bond acceptors (Lipinski definition) is 4. The highest BCUT2D eigenvalue weighted by Crippen LogP contribution is 2.28. The fourth-order valence-electron chi connectivity index (χ4n) is 4.17. The summed E-state index contributed by atoms with van der Waals surface area (Å²) in [5.41, 5.74) is 0.745. The van der Waals surface area contributed by atoms with Gasteiger partial charge in [0.1, 0.15) is 11.9 Å². The summed E-state index contributed by atoms with van der Waals surface area (Å²) in [6.07, 6.45) is 10.1. The summed E-state index contributed by atoms with van der Waals surface area (Å²) in [5, 5.41) is 2.87. The maximum atomic E-state index is 12.4. The van der Waals surface area contributed by atoms with Crippen molar-refractivity contribution in [3.63, 3.8) is 0 Å². The van der Waals surface area contributed by atoms with Gasteiger partial charge in [0.25, 0.3) is 0 Å². The summed E-state index contributed by atoms with van der Waals surface area (Å²) >= 11 is 0. The van der Waals surface area contributed by atoms with Gasteiger partial charge in [-0.3, -0.25) is 10.2 Å². The van der Waals surface area contributed by atoms with Gasteiger partial charge in [-0.2, -0.15) is 0 Å². The van der Waals surface area contributed by atoms with Crippen LogP contribution in [0.1, 0.15) is 64.7 Å². The number of hydrogen-bond donors (Lipinski definition) is 1. The number of benzene rings is 1. The number of carbonyl (C=O) groups is 1. The van der Waals surface area contributed by atoms with Gasteiger partial charge in [-0.25, -0.2) is 4.79 Å². The first-order chi connectivity index (χ1) is 13.3. The Morgan fingerprint density at radius 1 is 1.07 bits per heavy atom. The number of nitrogens with zero attached hydrogens (tertiary/aromatic N) is 1. The van der Waals surface area contributed by atoms with Gasteiger partial charge in [0.2, 0.25) is 0 Å². The van der Waals surface area contributed by atoms with Gasteiger partial charge in [0.05, 0.1) is 6.61 Å². The molecule has 5 heteroatoms. The van der Waals surface area contributed by atoms with Crippen molar-refractivity contribution in [2.75, 3.05) is 25.0 Å². The van der Waals surface area contributed by atoms with Crippen LogP contribution in [0.4, 0.5) is 10.5 Å². The van der Waals surface area contributed by atoms with Crippen LogP contribution in [-0.4, -0.2) is 42.8 Å². The Kier molecular flexibility index (Phi) is 7.81. The van der Waals surface area contributed by atoms with Crippen LogP contribution in [0, 0.1) is 0 Å². The van der Waals surface area contributed by atoms with E-state index >= 15 is 0 Å². The van der Waals surface area contributed by atoms with Crippen molar-refractivity contribution in [3.8, 4) is 5.75 Å². The maximum absolute atomic E-state index is 12.4. The van der Waals surface area contributed by atoms with E-state index in [-0.39, 0.29) is 12.2 Å². The average Bonchev–Trinajstić information content (AvgIpc) is 3.21. The monoisotopic (exact) mass is 374 g/mol. The maximum Gasteiger partial charge on any atom is 0.411 e. The molecule has 27 heavy (non-hydrogen) atoms. The summed E-state index contributed by atoms with van der Waals surface area (Å²) in [6.45, 7) is 5.21. The summed E-state index contributed by atoms with van der Waals surface area (Å²) in [7, 11) is 0. The third kappa shape index (κ3) is 6.13. The van der Waals surface area contributed by atoms with Crippen molar-refractivity contribution in [3.05, 3.63) is 24.3 Å². The highest BCUT2D eigenvalue weighted by Gasteiger charge is 2.34. The van der Waals surface area contributed by atoms with E-state index in [0.29, 0.717) is 6.04 Å². The first-order valence-electron chi connectivity index (χ1n) is 10.7. The fraction of sp³-hybridized carbons (Fsp3) is 0.682. The highest BCUT2D eigenvalue weighted by molar-refractivity contribution is 5.84. The van der Waals surface area contributed by atoms with Crippen LogP contribution in [0.2, 0.25) is 0 Å². The third-order valence-corrected chi connectivity index (χ3v) is 5.65. The molecule has 2 atom stereocenters. The minimum Gasteiger partial charge on any atom is -0.494 e. The molecule has 1 saturated heterocycles. The minimum absolute atomic E-state index is 0.0121. The van der Waals surface area contributed by atoms with E-state index in [1.807, 2.05) is 24.3 Å². The predicted octanol–water partition coefficient (Wildman–Crippen LogP) is 5.21. The molecule has 0 aromatic heterocycles. The lowest BCUT2D eigenvalue weighted by Gasteiger charge is -2.37. The molecule has 2 aliphatic rings. The molecule has 1 aliphatic carbocycles. The molecule has 0 spiro atoms. The summed E-state index contributed by atoms with van der Waals surface area (Å²) in [4.78, 5) is 14.9. The highest BCUT2D eigenvalue weighted by atomic mass is 16.6. The number of carbonyl (C=O) groups excluding carboxylic acids is 1. The molecule has 1 N–H and O–H groups in total. The van der Waals surface area contributed by atoms with Gasteiger partial charge >= 0.3 is 6.09 Å². The molecular formula is C22H34N2O3. The van der Waals surface area contributed by atoms with Crippen molar-refractivity contribution < 1.29 is 14.3 Å². The van der Waals surface area contributed by atoms with Crippen LogP contribution in [0.3, 0.4) is 0 Å². The lowest BCUT2D eigenvalue weighted by atomic mass is 9.91. The second-order valence-corrected chi connectivity index (χ2v) is 7.74. The van der Waals surface area contributed by atoms with Gasteiger partial charge in [0, 0.05) is 11.7 Å². The zero-order valence-electron chi connectivity index (χ0n) is 16.6. The van der Waals surface area contributed by atoms with E-state index < -0.39 is 0 Å². The summed E-state index contributed by atoms with van der Waals surface area (Å²) < 4.78 is 11.5. The quantitative estimate of drug-likeness (QED) is 0.635. The van der Waals surface area contributed by atoms with Gasteiger partial charge < -0.3 is 9.47 Å². The second-order valence-electron chi connectivity index (χ2n) is 7.74. The normalized spacial score (nSPS) is 23.1. The van der Waals surface area contributed by atoms with E-state index in [9.17, 15) is 4.79 Å². The Hall–Kier alpha value is -1.75. The first-order valence-corrected chi connectivity index (χ1v) is 10.7. The van der Waals surface area contributed by atoms with Crippen LogP contribution in [0.25, 0.3) is 0 Å². The average molecular weight is 375 g/mol. The van der Waals surface area contributed by atoms with Crippen LogP contribution < -0.4 is 10.1 Å². The zero-order chi connectivity index (χ0) is 18.9. The first kappa shape index (κ1) is 20.0. The number of likely N-dealkylation sites (tertiary alicyclic amines) is 1.